The first-order chi connectivity index (χ1) is 11.2. The number of hydrogen-bond acceptors (Lipinski definition) is 4. The number of thiazole rings is 1. The maximum atomic E-state index is 12.0. The van der Waals surface area contributed by atoms with Crippen LogP contribution in [0.15, 0.2) is 34.1 Å². The van der Waals surface area contributed by atoms with Crippen LogP contribution in [0.1, 0.15) is 18.5 Å². The van der Waals surface area contributed by atoms with Crippen LogP contribution in [-0.4, -0.2) is 30.5 Å². The van der Waals surface area contributed by atoms with Crippen LogP contribution in [0.2, 0.25) is 0 Å². The monoisotopic (exact) mass is 465 g/mol. The summed E-state index contributed by atoms with van der Waals surface area (Å²) in [5.41, 5.74) is 1.91. The number of hydrogen-bond donors (Lipinski definition) is 2. The quantitative estimate of drug-likeness (QED) is 0.674. The van der Waals surface area contributed by atoms with Crippen molar-refractivity contribution in [2.24, 2.45) is 5.92 Å². The van der Waals surface area contributed by atoms with Gasteiger partial charge in [0.1, 0.15) is 5.01 Å². The first kappa shape index (κ1) is 22.4. The molecule has 138 valence electrons. The summed E-state index contributed by atoms with van der Waals surface area (Å²) in [6.07, 6.45) is 2.63. The van der Waals surface area contributed by atoms with Crippen LogP contribution in [0, 0.1) is 5.92 Å². The van der Waals surface area contributed by atoms with Crippen molar-refractivity contribution >= 4 is 58.0 Å². The molecular weight excluding hydrogens is 445 g/mol. The van der Waals surface area contributed by atoms with E-state index in [1.165, 1.54) is 6.42 Å². The Morgan fingerprint density at radius 2 is 2.24 bits per heavy atom. The Balaban J connectivity index is 0.00000156. The van der Waals surface area contributed by atoms with E-state index < -0.39 is 0 Å². The molecule has 1 amide bonds. The molecule has 2 aromatic rings. The van der Waals surface area contributed by atoms with Crippen LogP contribution in [-0.2, 0) is 11.2 Å². The van der Waals surface area contributed by atoms with Crippen LogP contribution >= 0.6 is 52.1 Å². The number of carbonyl (C=O) groups is 1. The third-order valence-corrected chi connectivity index (χ3v) is 5.44. The highest BCUT2D eigenvalue weighted by atomic mass is 79.9. The van der Waals surface area contributed by atoms with Crippen molar-refractivity contribution in [3.05, 3.63) is 39.8 Å². The van der Waals surface area contributed by atoms with E-state index in [9.17, 15) is 4.79 Å². The van der Waals surface area contributed by atoms with Crippen molar-refractivity contribution in [3.8, 4) is 10.6 Å². The number of aromatic nitrogens is 1. The van der Waals surface area contributed by atoms with Gasteiger partial charge in [-0.25, -0.2) is 4.98 Å². The third-order valence-electron chi connectivity index (χ3n) is 4.00. The fourth-order valence-electron chi connectivity index (χ4n) is 2.75. The fraction of sp³-hybridized carbons (Fsp3) is 0.412. The fourth-order valence-corrected chi connectivity index (χ4v) is 3.96. The molecule has 25 heavy (non-hydrogen) atoms. The van der Waals surface area contributed by atoms with Gasteiger partial charge in [-0.15, -0.1) is 36.2 Å². The topological polar surface area (TPSA) is 54.0 Å². The molecule has 1 aliphatic rings. The van der Waals surface area contributed by atoms with Gasteiger partial charge < -0.3 is 10.6 Å². The zero-order valence-corrected chi connectivity index (χ0v) is 17.7. The predicted molar refractivity (Wildman–Crippen MR) is 112 cm³/mol. The van der Waals surface area contributed by atoms with Gasteiger partial charge in [-0.3, -0.25) is 4.79 Å². The predicted octanol–water partition coefficient (Wildman–Crippen LogP) is 4.07. The molecule has 1 saturated heterocycles. The SMILES string of the molecule is Cl.Cl.O=C(Cc1csc(-c2cccc(Br)c2)n1)NCCC1CCNC1. The number of nitrogens with one attached hydrogen (secondary N) is 2. The molecule has 1 unspecified atom stereocenters. The Labute approximate surface area is 173 Å². The molecule has 0 radical (unpaired) electrons. The van der Waals surface area contributed by atoms with Crippen LogP contribution in [0.4, 0.5) is 0 Å². The lowest BCUT2D eigenvalue weighted by atomic mass is 10.1. The normalized spacial score (nSPS) is 16.0. The second-order valence-electron chi connectivity index (χ2n) is 5.83. The van der Waals surface area contributed by atoms with E-state index in [2.05, 4.69) is 31.5 Å². The van der Waals surface area contributed by atoms with E-state index in [-0.39, 0.29) is 30.7 Å². The van der Waals surface area contributed by atoms with E-state index in [1.54, 1.807) is 11.3 Å². The molecule has 1 fully saturated rings. The molecular formula is C17H22BrCl2N3OS. The molecule has 1 aromatic carbocycles. The van der Waals surface area contributed by atoms with Crippen LogP contribution < -0.4 is 10.6 Å². The van der Waals surface area contributed by atoms with Gasteiger partial charge in [-0.05, 0) is 44.0 Å². The summed E-state index contributed by atoms with van der Waals surface area (Å²) in [5, 5.41) is 9.27. The van der Waals surface area contributed by atoms with Crippen molar-refractivity contribution in [2.75, 3.05) is 19.6 Å². The average Bonchev–Trinajstić information content (AvgIpc) is 3.19. The summed E-state index contributed by atoms with van der Waals surface area (Å²) in [6.45, 7) is 2.95. The third kappa shape index (κ3) is 6.87. The highest BCUT2D eigenvalue weighted by Gasteiger charge is 2.14. The summed E-state index contributed by atoms with van der Waals surface area (Å²) < 4.78 is 1.03. The lowest BCUT2D eigenvalue weighted by Crippen LogP contribution is -2.27. The summed E-state index contributed by atoms with van der Waals surface area (Å²) in [6, 6.07) is 8.05. The number of amides is 1. The van der Waals surface area contributed by atoms with Gasteiger partial charge in [0.25, 0.3) is 0 Å². The molecule has 3 rings (SSSR count). The molecule has 0 bridgehead atoms. The Morgan fingerprint density at radius 3 is 2.96 bits per heavy atom. The smallest absolute Gasteiger partial charge is 0.226 e. The van der Waals surface area contributed by atoms with Gasteiger partial charge in [0.2, 0.25) is 5.91 Å². The van der Waals surface area contributed by atoms with Gasteiger partial charge >= 0.3 is 0 Å². The standard InChI is InChI=1S/C17H20BrN3OS.2ClH/c18-14-3-1-2-13(8-14)17-21-15(11-23-17)9-16(22)20-7-5-12-4-6-19-10-12;;/h1-3,8,11-12,19H,4-7,9-10H2,(H,20,22);2*1H. The second kappa shape index (κ2) is 11.1. The summed E-state index contributed by atoms with van der Waals surface area (Å²) in [7, 11) is 0. The first-order valence-corrected chi connectivity index (χ1v) is 9.56. The van der Waals surface area contributed by atoms with Crippen molar-refractivity contribution in [1.82, 2.24) is 15.6 Å². The molecule has 4 nitrogen and oxygen atoms in total. The molecule has 2 heterocycles. The van der Waals surface area contributed by atoms with Gasteiger partial charge in [0.15, 0.2) is 0 Å². The van der Waals surface area contributed by atoms with Crippen molar-refractivity contribution in [3.63, 3.8) is 0 Å². The van der Waals surface area contributed by atoms with Crippen LogP contribution in [0.5, 0.6) is 0 Å². The number of benzene rings is 1. The van der Waals surface area contributed by atoms with Crippen molar-refractivity contribution in [1.29, 1.82) is 0 Å². The summed E-state index contributed by atoms with van der Waals surface area (Å²) >= 11 is 5.05. The maximum absolute atomic E-state index is 12.0. The minimum Gasteiger partial charge on any atom is -0.356 e. The molecule has 8 heteroatoms. The number of carbonyl (C=O) groups excluding carboxylic acids is 1. The van der Waals surface area contributed by atoms with Gasteiger partial charge in [-0.1, -0.05) is 28.1 Å². The minimum atomic E-state index is 0. The van der Waals surface area contributed by atoms with E-state index in [4.69, 9.17) is 0 Å². The molecule has 1 aromatic heterocycles. The number of nitrogens with zero attached hydrogens (tertiary/aromatic N) is 1. The zero-order valence-electron chi connectivity index (χ0n) is 13.7. The number of rotatable bonds is 6. The molecule has 0 spiro atoms. The number of halogens is 3. The highest BCUT2D eigenvalue weighted by molar-refractivity contribution is 9.10. The van der Waals surface area contributed by atoms with Gasteiger partial charge in [-0.2, -0.15) is 0 Å². The summed E-state index contributed by atoms with van der Waals surface area (Å²) in [4.78, 5) is 16.6. The van der Waals surface area contributed by atoms with E-state index in [0.717, 1.165) is 46.8 Å². The second-order valence-corrected chi connectivity index (χ2v) is 7.60. The van der Waals surface area contributed by atoms with E-state index in [0.29, 0.717) is 12.3 Å². The first-order valence-electron chi connectivity index (χ1n) is 7.88. The Bertz CT molecular complexity index is 677. The van der Waals surface area contributed by atoms with Crippen molar-refractivity contribution in [2.45, 2.75) is 19.3 Å². The Hall–Kier alpha value is -0.660. The van der Waals surface area contributed by atoms with E-state index in [1.807, 2.05) is 29.6 Å². The molecule has 1 atom stereocenters. The molecule has 1 aliphatic heterocycles. The average molecular weight is 467 g/mol. The maximum Gasteiger partial charge on any atom is 0.226 e. The molecule has 0 saturated carbocycles. The van der Waals surface area contributed by atoms with Crippen LogP contribution in [0.3, 0.4) is 0 Å². The lowest BCUT2D eigenvalue weighted by molar-refractivity contribution is -0.120. The minimum absolute atomic E-state index is 0. The zero-order chi connectivity index (χ0) is 16.1. The molecule has 0 aliphatic carbocycles. The highest BCUT2D eigenvalue weighted by Crippen LogP contribution is 2.26. The van der Waals surface area contributed by atoms with Crippen LogP contribution in [0.25, 0.3) is 10.6 Å². The molecule has 2 N–H and O–H groups in total. The lowest BCUT2D eigenvalue weighted by Gasteiger charge is -2.08. The summed E-state index contributed by atoms with van der Waals surface area (Å²) in [5.74, 6) is 0.764. The van der Waals surface area contributed by atoms with Gasteiger partial charge in [0.05, 0.1) is 12.1 Å². The Kier molecular flexibility index (Phi) is 9.97. The largest absolute Gasteiger partial charge is 0.356 e. The van der Waals surface area contributed by atoms with Gasteiger partial charge in [0, 0.05) is 22.0 Å². The van der Waals surface area contributed by atoms with E-state index >= 15 is 0 Å². The van der Waals surface area contributed by atoms with Crippen molar-refractivity contribution < 1.29 is 4.79 Å². The Morgan fingerprint density at radius 1 is 1.40 bits per heavy atom.